The highest BCUT2D eigenvalue weighted by Gasteiger charge is 2.04. The van der Waals surface area contributed by atoms with Gasteiger partial charge in [0.2, 0.25) is 5.91 Å². The van der Waals surface area contributed by atoms with Crippen molar-refractivity contribution in [2.24, 2.45) is 0 Å². The first-order valence-corrected chi connectivity index (χ1v) is 5.69. The molecule has 0 spiro atoms. The fourth-order valence-corrected chi connectivity index (χ4v) is 1.77. The molecule has 0 aromatic heterocycles. The molecule has 5 heteroatoms. The van der Waals surface area contributed by atoms with Gasteiger partial charge in [0.1, 0.15) is 5.75 Å². The zero-order chi connectivity index (χ0) is 11.3. The highest BCUT2D eigenvalue weighted by atomic mass is 79.9. The average molecular weight is 293 g/mol. The van der Waals surface area contributed by atoms with Crippen LogP contribution >= 0.6 is 27.5 Å². The van der Waals surface area contributed by atoms with Crippen LogP contribution in [0.3, 0.4) is 0 Å². The number of carbonyl (C=O) groups excluding carboxylic acids is 1. The second kappa shape index (κ2) is 5.98. The van der Waals surface area contributed by atoms with Crippen LogP contribution in [-0.2, 0) is 4.79 Å². The molecule has 1 rings (SSSR count). The number of anilines is 1. The summed E-state index contributed by atoms with van der Waals surface area (Å²) in [6.07, 6.45) is 0.311. The molecule has 0 aliphatic carbocycles. The first kappa shape index (κ1) is 12.3. The summed E-state index contributed by atoms with van der Waals surface area (Å²) in [5.41, 5.74) is 0.720. The first-order chi connectivity index (χ1) is 7.17. The first-order valence-electron chi connectivity index (χ1n) is 4.36. The molecule has 0 bridgehead atoms. The quantitative estimate of drug-likeness (QED) is 0.866. The van der Waals surface area contributed by atoms with E-state index in [1.165, 1.54) is 0 Å². The minimum atomic E-state index is -0.0953. The third kappa shape index (κ3) is 3.72. The molecule has 0 aliphatic heterocycles. The van der Waals surface area contributed by atoms with Crippen molar-refractivity contribution >= 4 is 39.1 Å². The van der Waals surface area contributed by atoms with E-state index in [-0.39, 0.29) is 5.91 Å². The van der Waals surface area contributed by atoms with Gasteiger partial charge in [-0.25, -0.2) is 0 Å². The normalized spacial score (nSPS) is 9.80. The van der Waals surface area contributed by atoms with Gasteiger partial charge in [-0.15, -0.1) is 11.6 Å². The standard InChI is InChI=1S/C10H11BrClNO2/c1-15-9-3-2-7(6-8(9)11)13-10(14)4-5-12/h2-3,6H,4-5H2,1H3,(H,13,14). The van der Waals surface area contributed by atoms with Crippen molar-refractivity contribution in [1.82, 2.24) is 0 Å². The minimum Gasteiger partial charge on any atom is -0.496 e. The van der Waals surface area contributed by atoms with Crippen molar-refractivity contribution in [2.75, 3.05) is 18.3 Å². The van der Waals surface area contributed by atoms with Crippen molar-refractivity contribution in [3.63, 3.8) is 0 Å². The van der Waals surface area contributed by atoms with Gasteiger partial charge in [-0.2, -0.15) is 0 Å². The van der Waals surface area contributed by atoms with E-state index in [1.54, 1.807) is 25.3 Å². The van der Waals surface area contributed by atoms with Crippen LogP contribution in [0.5, 0.6) is 5.75 Å². The van der Waals surface area contributed by atoms with Crippen molar-refractivity contribution in [3.8, 4) is 5.75 Å². The van der Waals surface area contributed by atoms with Crippen LogP contribution in [0.4, 0.5) is 5.69 Å². The number of hydrogen-bond acceptors (Lipinski definition) is 2. The molecule has 0 aliphatic rings. The lowest BCUT2D eigenvalue weighted by Gasteiger charge is -2.07. The topological polar surface area (TPSA) is 38.3 Å². The Morgan fingerprint density at radius 3 is 2.87 bits per heavy atom. The summed E-state index contributed by atoms with van der Waals surface area (Å²) in [7, 11) is 1.59. The lowest BCUT2D eigenvalue weighted by molar-refractivity contribution is -0.115. The Hall–Kier alpha value is -0.740. The van der Waals surface area contributed by atoms with E-state index in [4.69, 9.17) is 16.3 Å². The van der Waals surface area contributed by atoms with Gasteiger partial charge < -0.3 is 10.1 Å². The zero-order valence-corrected chi connectivity index (χ0v) is 10.6. The summed E-state index contributed by atoms with van der Waals surface area (Å²) >= 11 is 8.79. The molecule has 0 saturated heterocycles. The van der Waals surface area contributed by atoms with E-state index >= 15 is 0 Å². The molecule has 0 radical (unpaired) electrons. The van der Waals surface area contributed by atoms with E-state index in [9.17, 15) is 4.79 Å². The maximum Gasteiger partial charge on any atom is 0.225 e. The van der Waals surface area contributed by atoms with Crippen LogP contribution < -0.4 is 10.1 Å². The van der Waals surface area contributed by atoms with Gasteiger partial charge in [0.05, 0.1) is 11.6 Å². The Bertz CT molecular complexity index is 357. The molecule has 0 atom stereocenters. The van der Waals surface area contributed by atoms with Gasteiger partial charge in [-0.1, -0.05) is 0 Å². The molecule has 15 heavy (non-hydrogen) atoms. The molecular formula is C10H11BrClNO2. The predicted molar refractivity (Wildman–Crippen MR) is 64.7 cm³/mol. The number of ether oxygens (including phenoxy) is 1. The van der Waals surface area contributed by atoms with Gasteiger partial charge in [0.15, 0.2) is 0 Å². The summed E-state index contributed by atoms with van der Waals surface area (Å²) in [4.78, 5) is 11.2. The highest BCUT2D eigenvalue weighted by Crippen LogP contribution is 2.27. The van der Waals surface area contributed by atoms with E-state index in [0.29, 0.717) is 12.3 Å². The number of rotatable bonds is 4. The number of methoxy groups -OCH3 is 1. The number of alkyl halides is 1. The largest absolute Gasteiger partial charge is 0.496 e. The van der Waals surface area contributed by atoms with E-state index in [0.717, 1.165) is 15.9 Å². The summed E-state index contributed by atoms with van der Waals surface area (Å²) in [5.74, 6) is 0.954. The number of hydrogen-bond donors (Lipinski definition) is 1. The summed E-state index contributed by atoms with van der Waals surface area (Å²) in [6, 6.07) is 5.33. The van der Waals surface area contributed by atoms with Crippen molar-refractivity contribution in [2.45, 2.75) is 6.42 Å². The monoisotopic (exact) mass is 291 g/mol. The minimum absolute atomic E-state index is 0.0953. The summed E-state index contributed by atoms with van der Waals surface area (Å²) in [5, 5.41) is 2.73. The lowest BCUT2D eigenvalue weighted by Crippen LogP contribution is -2.11. The molecule has 82 valence electrons. The van der Waals surface area contributed by atoms with E-state index in [2.05, 4.69) is 21.2 Å². The zero-order valence-electron chi connectivity index (χ0n) is 8.22. The SMILES string of the molecule is COc1ccc(NC(=O)CCCl)cc1Br. The number of amides is 1. The van der Waals surface area contributed by atoms with Crippen LogP contribution in [0.25, 0.3) is 0 Å². The molecule has 0 saturated carbocycles. The maximum atomic E-state index is 11.2. The molecule has 0 heterocycles. The second-order valence-corrected chi connectivity index (χ2v) is 4.07. The van der Waals surface area contributed by atoms with Crippen molar-refractivity contribution in [3.05, 3.63) is 22.7 Å². The molecule has 1 amide bonds. The number of halogens is 2. The Morgan fingerprint density at radius 1 is 1.60 bits per heavy atom. The lowest BCUT2D eigenvalue weighted by atomic mass is 10.3. The third-order valence-corrected chi connectivity index (χ3v) is 2.57. The Kier molecular flexibility index (Phi) is 4.91. The predicted octanol–water partition coefficient (Wildman–Crippen LogP) is 3.03. The van der Waals surface area contributed by atoms with Crippen LogP contribution in [0, 0.1) is 0 Å². The highest BCUT2D eigenvalue weighted by molar-refractivity contribution is 9.10. The molecule has 0 fully saturated rings. The van der Waals surface area contributed by atoms with Gasteiger partial charge in [0, 0.05) is 18.0 Å². The average Bonchev–Trinajstić information content (AvgIpc) is 2.18. The summed E-state index contributed by atoms with van der Waals surface area (Å²) < 4.78 is 5.87. The molecule has 3 nitrogen and oxygen atoms in total. The van der Waals surface area contributed by atoms with Gasteiger partial charge in [0.25, 0.3) is 0 Å². The second-order valence-electron chi connectivity index (χ2n) is 2.84. The maximum absolute atomic E-state index is 11.2. The fraction of sp³-hybridized carbons (Fsp3) is 0.300. The molecule has 0 unspecified atom stereocenters. The van der Waals surface area contributed by atoms with Crippen LogP contribution in [0.2, 0.25) is 0 Å². The van der Waals surface area contributed by atoms with Gasteiger partial charge >= 0.3 is 0 Å². The molecular weight excluding hydrogens is 281 g/mol. The molecule has 1 N–H and O–H groups in total. The van der Waals surface area contributed by atoms with Gasteiger partial charge in [-0.05, 0) is 34.1 Å². The number of benzene rings is 1. The van der Waals surface area contributed by atoms with Crippen LogP contribution in [0.1, 0.15) is 6.42 Å². The molecule has 1 aromatic rings. The Balaban J connectivity index is 2.71. The number of nitrogens with one attached hydrogen (secondary N) is 1. The smallest absolute Gasteiger partial charge is 0.225 e. The van der Waals surface area contributed by atoms with E-state index < -0.39 is 0 Å². The van der Waals surface area contributed by atoms with Gasteiger partial charge in [-0.3, -0.25) is 4.79 Å². The fourth-order valence-electron chi connectivity index (χ4n) is 1.05. The van der Waals surface area contributed by atoms with Crippen LogP contribution in [0.15, 0.2) is 22.7 Å². The van der Waals surface area contributed by atoms with E-state index in [1.807, 2.05) is 0 Å². The Morgan fingerprint density at radius 2 is 2.33 bits per heavy atom. The summed E-state index contributed by atoms with van der Waals surface area (Å²) in [6.45, 7) is 0. The third-order valence-electron chi connectivity index (χ3n) is 1.76. The van der Waals surface area contributed by atoms with Crippen molar-refractivity contribution in [1.29, 1.82) is 0 Å². The van der Waals surface area contributed by atoms with Crippen LogP contribution in [-0.4, -0.2) is 18.9 Å². The Labute approximate surface area is 102 Å². The number of carbonyl (C=O) groups is 1. The molecule has 1 aromatic carbocycles. The van der Waals surface area contributed by atoms with Crippen molar-refractivity contribution < 1.29 is 9.53 Å².